The molecule has 0 unspecified atom stereocenters. The number of hydrogen-bond acceptors (Lipinski definition) is 3. The third-order valence-corrected chi connectivity index (χ3v) is 2.51. The quantitative estimate of drug-likeness (QED) is 0.646. The van der Waals surface area contributed by atoms with Crippen molar-refractivity contribution in [1.82, 2.24) is 0 Å². The van der Waals surface area contributed by atoms with E-state index in [9.17, 15) is 0 Å². The number of rotatable bonds is 2. The highest BCUT2D eigenvalue weighted by molar-refractivity contribution is 6.59. The second-order valence-corrected chi connectivity index (χ2v) is 3.60. The van der Waals surface area contributed by atoms with Gasteiger partial charge in [0.2, 0.25) is 0 Å². The molecule has 0 spiro atoms. The molecule has 0 amide bonds. The summed E-state index contributed by atoms with van der Waals surface area (Å²) < 4.78 is 0. The van der Waals surface area contributed by atoms with E-state index < -0.39 is 7.12 Å². The molecule has 3 nitrogen and oxygen atoms in total. The van der Waals surface area contributed by atoms with Crippen LogP contribution < -0.4 is 5.46 Å². The second-order valence-electron chi connectivity index (χ2n) is 3.60. The van der Waals surface area contributed by atoms with Crippen LogP contribution in [-0.2, 0) is 0 Å². The predicted molar refractivity (Wildman–Crippen MR) is 53.0 cm³/mol. The summed E-state index contributed by atoms with van der Waals surface area (Å²) in [6.07, 6.45) is 2.16. The van der Waals surface area contributed by atoms with Gasteiger partial charge in [0, 0.05) is 0 Å². The van der Waals surface area contributed by atoms with Crippen molar-refractivity contribution in [3.63, 3.8) is 0 Å². The summed E-state index contributed by atoms with van der Waals surface area (Å²) in [4.78, 5) is 0. The zero-order chi connectivity index (χ0) is 10.1. The summed E-state index contributed by atoms with van der Waals surface area (Å²) in [5.74, 6) is 0.417. The van der Waals surface area contributed by atoms with Crippen LogP contribution in [-0.4, -0.2) is 17.2 Å². The Morgan fingerprint density at radius 2 is 2.07 bits per heavy atom. The van der Waals surface area contributed by atoms with E-state index in [1.54, 1.807) is 18.2 Å². The third-order valence-electron chi connectivity index (χ3n) is 2.51. The zero-order valence-corrected chi connectivity index (χ0v) is 7.64. The first kappa shape index (κ1) is 9.26. The van der Waals surface area contributed by atoms with Crippen molar-refractivity contribution >= 4 is 12.6 Å². The first-order chi connectivity index (χ1) is 6.72. The molecule has 1 saturated carbocycles. The molecular formula is C10H10BNO2. The van der Waals surface area contributed by atoms with E-state index in [2.05, 4.69) is 6.07 Å². The van der Waals surface area contributed by atoms with Gasteiger partial charge in [-0.3, -0.25) is 0 Å². The molecule has 0 atom stereocenters. The van der Waals surface area contributed by atoms with Crippen LogP contribution in [0.4, 0.5) is 0 Å². The minimum absolute atomic E-state index is 0.417. The summed E-state index contributed by atoms with van der Waals surface area (Å²) in [6.45, 7) is 0. The average molecular weight is 187 g/mol. The maximum absolute atomic E-state index is 9.12. The zero-order valence-electron chi connectivity index (χ0n) is 7.64. The van der Waals surface area contributed by atoms with E-state index in [1.165, 1.54) is 0 Å². The monoisotopic (exact) mass is 187 g/mol. The third kappa shape index (κ3) is 1.65. The Kier molecular flexibility index (Phi) is 2.28. The highest BCUT2D eigenvalue weighted by atomic mass is 16.4. The van der Waals surface area contributed by atoms with Gasteiger partial charge in [-0.15, -0.1) is 0 Å². The fraction of sp³-hybridized carbons (Fsp3) is 0.300. The van der Waals surface area contributed by atoms with Crippen LogP contribution in [0.3, 0.4) is 0 Å². The summed E-state index contributed by atoms with van der Waals surface area (Å²) in [6, 6.07) is 7.04. The Hall–Kier alpha value is -1.31. The molecule has 1 aromatic carbocycles. The minimum Gasteiger partial charge on any atom is -0.423 e. The number of nitrogens with zero attached hydrogens (tertiary/aromatic N) is 1. The molecule has 0 bridgehead atoms. The predicted octanol–water partition coefficient (Wildman–Crippen LogP) is 0.115. The molecule has 14 heavy (non-hydrogen) atoms. The van der Waals surface area contributed by atoms with Crippen LogP contribution in [0.5, 0.6) is 0 Å². The van der Waals surface area contributed by atoms with Crippen LogP contribution >= 0.6 is 0 Å². The Morgan fingerprint density at radius 3 is 2.57 bits per heavy atom. The van der Waals surface area contributed by atoms with Crippen LogP contribution in [0.2, 0.25) is 0 Å². The lowest BCUT2D eigenvalue weighted by Crippen LogP contribution is -2.32. The molecule has 0 radical (unpaired) electrons. The molecule has 0 aliphatic heterocycles. The van der Waals surface area contributed by atoms with E-state index in [-0.39, 0.29) is 0 Å². The fourth-order valence-corrected chi connectivity index (χ4v) is 1.63. The molecule has 0 aromatic heterocycles. The van der Waals surface area contributed by atoms with Gasteiger partial charge in [0.15, 0.2) is 0 Å². The van der Waals surface area contributed by atoms with Crippen molar-refractivity contribution in [3.8, 4) is 6.07 Å². The summed E-state index contributed by atoms with van der Waals surface area (Å²) in [5, 5.41) is 27.0. The van der Waals surface area contributed by atoms with Gasteiger partial charge in [0.25, 0.3) is 0 Å². The van der Waals surface area contributed by atoms with Crippen LogP contribution in [0.25, 0.3) is 0 Å². The van der Waals surface area contributed by atoms with Gasteiger partial charge in [0.1, 0.15) is 0 Å². The molecule has 1 fully saturated rings. The van der Waals surface area contributed by atoms with E-state index in [0.29, 0.717) is 16.9 Å². The van der Waals surface area contributed by atoms with Gasteiger partial charge < -0.3 is 10.0 Å². The molecule has 2 N–H and O–H groups in total. The molecule has 1 aromatic rings. The van der Waals surface area contributed by atoms with Gasteiger partial charge >= 0.3 is 7.12 Å². The summed E-state index contributed by atoms with van der Waals surface area (Å²) in [7, 11) is -1.43. The summed E-state index contributed by atoms with van der Waals surface area (Å²) >= 11 is 0. The molecule has 1 aliphatic rings. The van der Waals surface area contributed by atoms with Gasteiger partial charge in [-0.25, -0.2) is 0 Å². The fourth-order valence-electron chi connectivity index (χ4n) is 1.63. The number of nitriles is 1. The maximum atomic E-state index is 9.12. The maximum Gasteiger partial charge on any atom is 0.488 e. The molecule has 1 aliphatic carbocycles. The van der Waals surface area contributed by atoms with Gasteiger partial charge in [-0.1, -0.05) is 6.07 Å². The van der Waals surface area contributed by atoms with Gasteiger partial charge in [-0.05, 0) is 41.9 Å². The first-order valence-electron chi connectivity index (χ1n) is 4.62. The van der Waals surface area contributed by atoms with Crippen LogP contribution in [0.1, 0.15) is 29.9 Å². The van der Waals surface area contributed by atoms with Crippen molar-refractivity contribution < 1.29 is 10.0 Å². The molecule has 0 heterocycles. The van der Waals surface area contributed by atoms with Crippen molar-refractivity contribution in [3.05, 3.63) is 29.3 Å². The minimum atomic E-state index is -1.43. The smallest absolute Gasteiger partial charge is 0.423 e. The molecule has 4 heteroatoms. The molecule has 70 valence electrons. The Morgan fingerprint density at radius 1 is 1.36 bits per heavy atom. The standard InChI is InChI=1S/C10H10BNO2/c12-6-7-1-4-10(11(13)14)9(5-7)8-2-3-8/h1,4-5,8,13-14H,2-3H2. The van der Waals surface area contributed by atoms with E-state index in [1.807, 2.05) is 0 Å². The van der Waals surface area contributed by atoms with E-state index in [0.717, 1.165) is 18.4 Å². The first-order valence-corrected chi connectivity index (χ1v) is 4.62. The highest BCUT2D eigenvalue weighted by Gasteiger charge is 2.29. The molecular weight excluding hydrogens is 177 g/mol. The van der Waals surface area contributed by atoms with Gasteiger partial charge in [0.05, 0.1) is 11.6 Å². The van der Waals surface area contributed by atoms with Crippen molar-refractivity contribution in [2.45, 2.75) is 18.8 Å². The van der Waals surface area contributed by atoms with Crippen LogP contribution in [0.15, 0.2) is 18.2 Å². The SMILES string of the molecule is N#Cc1ccc(B(O)O)c(C2CC2)c1. The average Bonchev–Trinajstić information content (AvgIpc) is 3.00. The van der Waals surface area contributed by atoms with Gasteiger partial charge in [-0.2, -0.15) is 5.26 Å². The number of benzene rings is 1. The molecule has 2 rings (SSSR count). The van der Waals surface area contributed by atoms with Crippen molar-refractivity contribution in [2.24, 2.45) is 0 Å². The largest absolute Gasteiger partial charge is 0.488 e. The van der Waals surface area contributed by atoms with E-state index in [4.69, 9.17) is 15.3 Å². The summed E-state index contributed by atoms with van der Waals surface area (Å²) in [5.41, 5.74) is 2.03. The lowest BCUT2D eigenvalue weighted by atomic mass is 9.75. The van der Waals surface area contributed by atoms with Crippen molar-refractivity contribution in [1.29, 1.82) is 5.26 Å². The Bertz CT molecular complexity index is 394. The molecule has 0 saturated heterocycles. The lowest BCUT2D eigenvalue weighted by Gasteiger charge is -2.07. The topological polar surface area (TPSA) is 64.2 Å². The number of hydrogen-bond donors (Lipinski definition) is 2. The second kappa shape index (κ2) is 3.45. The Labute approximate surface area is 82.8 Å². The van der Waals surface area contributed by atoms with Crippen molar-refractivity contribution in [2.75, 3.05) is 0 Å². The highest BCUT2D eigenvalue weighted by Crippen LogP contribution is 2.39. The van der Waals surface area contributed by atoms with E-state index >= 15 is 0 Å². The normalized spacial score (nSPS) is 14.9. The lowest BCUT2D eigenvalue weighted by molar-refractivity contribution is 0.425. The van der Waals surface area contributed by atoms with Crippen LogP contribution in [0, 0.1) is 11.3 Å². The Balaban J connectivity index is 2.45.